The van der Waals surface area contributed by atoms with E-state index in [2.05, 4.69) is 39.6 Å². The minimum Gasteiger partial charge on any atom is -0.478 e. The molecule has 0 aliphatic rings. The highest BCUT2D eigenvalue weighted by molar-refractivity contribution is 14.0. The molecule has 0 unspecified atom stereocenters. The molecule has 0 saturated heterocycles. The van der Waals surface area contributed by atoms with Crippen LogP contribution in [0.15, 0.2) is 27.8 Å². The van der Waals surface area contributed by atoms with Crippen LogP contribution in [0.5, 0.6) is 5.88 Å². The van der Waals surface area contributed by atoms with E-state index in [0.29, 0.717) is 25.6 Å². The van der Waals surface area contributed by atoms with Gasteiger partial charge in [-0.2, -0.15) is 0 Å². The molecule has 0 radical (unpaired) electrons. The second-order valence-electron chi connectivity index (χ2n) is 5.69. The van der Waals surface area contributed by atoms with Gasteiger partial charge < -0.3 is 19.9 Å². The number of nitrogens with one attached hydrogen (secondary N) is 2. The van der Waals surface area contributed by atoms with Crippen LogP contribution in [0.4, 0.5) is 0 Å². The van der Waals surface area contributed by atoms with Crippen molar-refractivity contribution >= 4 is 29.9 Å². The Kier molecular flexibility index (Phi) is 10.8. The molecular weight excluding hydrogens is 457 g/mol. The average molecular weight is 487 g/mol. The average Bonchev–Trinajstić information content (AvgIpc) is 3.07. The first-order valence-corrected chi connectivity index (χ1v) is 9.28. The van der Waals surface area contributed by atoms with Crippen LogP contribution in [0.25, 0.3) is 0 Å². The molecule has 2 heterocycles. The van der Waals surface area contributed by atoms with Crippen molar-refractivity contribution in [2.24, 2.45) is 4.99 Å². The molecule has 0 bridgehead atoms. The third-order valence-corrected chi connectivity index (χ3v) is 3.92. The largest absolute Gasteiger partial charge is 0.478 e. The highest BCUT2D eigenvalue weighted by Gasteiger charge is 2.13. The predicted octanol–water partition coefficient (Wildman–Crippen LogP) is 3.47. The molecule has 0 aliphatic heterocycles. The van der Waals surface area contributed by atoms with Gasteiger partial charge in [-0.05, 0) is 26.3 Å². The zero-order chi connectivity index (χ0) is 18.8. The number of guanidine groups is 1. The van der Waals surface area contributed by atoms with E-state index in [4.69, 9.17) is 9.26 Å². The number of nitrogens with zero attached hydrogens (tertiary/aromatic N) is 3. The Balaban J connectivity index is 0.00000364. The van der Waals surface area contributed by atoms with Crippen molar-refractivity contribution in [3.05, 3.63) is 40.9 Å². The number of ether oxygens (including phenoxy) is 1. The quantitative estimate of drug-likeness (QED) is 0.320. The molecule has 2 N–H and O–H groups in total. The maximum atomic E-state index is 5.57. The fraction of sp³-hybridized carbons (Fsp3) is 0.526. The van der Waals surface area contributed by atoms with E-state index in [1.807, 2.05) is 26.0 Å². The third-order valence-electron chi connectivity index (χ3n) is 3.92. The van der Waals surface area contributed by atoms with Crippen molar-refractivity contribution < 1.29 is 9.26 Å². The fourth-order valence-corrected chi connectivity index (χ4v) is 2.63. The highest BCUT2D eigenvalue weighted by atomic mass is 127. The van der Waals surface area contributed by atoms with Crippen LogP contribution in [0, 0.1) is 0 Å². The molecule has 0 aromatic carbocycles. The number of aromatic nitrogens is 2. The maximum Gasteiger partial charge on any atom is 0.218 e. The minimum atomic E-state index is 0. The number of aryl methyl sites for hydroxylation is 2. The Morgan fingerprint density at radius 3 is 2.67 bits per heavy atom. The zero-order valence-corrected chi connectivity index (χ0v) is 18.9. The lowest BCUT2D eigenvalue weighted by Gasteiger charge is -2.12. The molecule has 27 heavy (non-hydrogen) atoms. The number of hydrogen-bond donors (Lipinski definition) is 2. The van der Waals surface area contributed by atoms with Gasteiger partial charge in [-0.3, -0.25) is 0 Å². The van der Waals surface area contributed by atoms with Crippen LogP contribution in [-0.4, -0.2) is 29.3 Å². The number of rotatable bonds is 9. The molecule has 2 aromatic heterocycles. The van der Waals surface area contributed by atoms with E-state index >= 15 is 0 Å². The monoisotopic (exact) mass is 487 g/mol. The molecule has 7 nitrogen and oxygen atoms in total. The molecule has 8 heteroatoms. The summed E-state index contributed by atoms with van der Waals surface area (Å²) in [4.78, 5) is 8.93. The van der Waals surface area contributed by atoms with Gasteiger partial charge in [-0.15, -0.1) is 24.0 Å². The van der Waals surface area contributed by atoms with Crippen LogP contribution < -0.4 is 15.4 Å². The van der Waals surface area contributed by atoms with Crippen LogP contribution in [0.3, 0.4) is 0 Å². The van der Waals surface area contributed by atoms with Gasteiger partial charge in [0, 0.05) is 36.8 Å². The third kappa shape index (κ3) is 6.67. The van der Waals surface area contributed by atoms with Crippen LogP contribution in [0.1, 0.15) is 50.3 Å². The van der Waals surface area contributed by atoms with E-state index < -0.39 is 0 Å². The van der Waals surface area contributed by atoms with Crippen molar-refractivity contribution in [1.82, 2.24) is 20.8 Å². The minimum absolute atomic E-state index is 0. The molecule has 0 saturated carbocycles. The lowest BCUT2D eigenvalue weighted by Crippen LogP contribution is -2.37. The standard InChI is InChI=1S/C19H29N5O2.HI/c1-5-16-15(17(6-2)26-24-16)13-23-19(20-7-3)22-12-14-10-9-11-21-18(14)25-8-4;/h9-11H,5-8,12-13H2,1-4H3,(H2,20,22,23);1H. The number of aliphatic imine (C=N–C) groups is 1. The molecule has 2 rings (SSSR count). The van der Waals surface area contributed by atoms with Crippen LogP contribution >= 0.6 is 24.0 Å². The zero-order valence-electron chi connectivity index (χ0n) is 16.5. The van der Waals surface area contributed by atoms with E-state index in [-0.39, 0.29) is 24.0 Å². The molecule has 0 atom stereocenters. The van der Waals surface area contributed by atoms with Gasteiger partial charge in [0.15, 0.2) is 5.96 Å². The Morgan fingerprint density at radius 2 is 2.00 bits per heavy atom. The highest BCUT2D eigenvalue weighted by Crippen LogP contribution is 2.16. The summed E-state index contributed by atoms with van der Waals surface area (Å²) in [6, 6.07) is 3.88. The van der Waals surface area contributed by atoms with Crippen molar-refractivity contribution in [3.63, 3.8) is 0 Å². The summed E-state index contributed by atoms with van der Waals surface area (Å²) in [5.41, 5.74) is 3.08. The summed E-state index contributed by atoms with van der Waals surface area (Å²) >= 11 is 0. The van der Waals surface area contributed by atoms with Gasteiger partial charge in [0.25, 0.3) is 0 Å². The van der Waals surface area contributed by atoms with Gasteiger partial charge in [-0.1, -0.05) is 25.1 Å². The van der Waals surface area contributed by atoms with E-state index in [0.717, 1.165) is 47.9 Å². The van der Waals surface area contributed by atoms with Gasteiger partial charge >= 0.3 is 0 Å². The first kappa shape index (κ1) is 23.2. The van der Waals surface area contributed by atoms with Crippen LogP contribution in [-0.2, 0) is 25.9 Å². The van der Waals surface area contributed by atoms with Gasteiger partial charge in [0.2, 0.25) is 5.88 Å². The summed E-state index contributed by atoms with van der Waals surface area (Å²) < 4.78 is 11.0. The second-order valence-corrected chi connectivity index (χ2v) is 5.69. The molecular formula is C19H30IN5O2. The van der Waals surface area contributed by atoms with Crippen molar-refractivity contribution in [2.45, 2.75) is 53.6 Å². The molecule has 0 aliphatic carbocycles. The number of pyridine rings is 1. The molecule has 0 fully saturated rings. The topological polar surface area (TPSA) is 84.6 Å². The molecule has 150 valence electrons. The first-order valence-electron chi connectivity index (χ1n) is 9.28. The first-order chi connectivity index (χ1) is 12.7. The summed E-state index contributed by atoms with van der Waals surface area (Å²) in [6.45, 7) is 10.6. The molecule has 2 aromatic rings. The smallest absolute Gasteiger partial charge is 0.218 e. The summed E-state index contributed by atoms with van der Waals surface area (Å²) in [5.74, 6) is 2.30. The van der Waals surface area contributed by atoms with E-state index in [1.54, 1.807) is 6.20 Å². The van der Waals surface area contributed by atoms with Crippen molar-refractivity contribution in [3.8, 4) is 5.88 Å². The fourth-order valence-electron chi connectivity index (χ4n) is 2.63. The normalized spacial score (nSPS) is 11.0. The van der Waals surface area contributed by atoms with E-state index in [1.165, 1.54) is 0 Å². The Hall–Kier alpha value is -1.84. The predicted molar refractivity (Wildman–Crippen MR) is 118 cm³/mol. The van der Waals surface area contributed by atoms with Gasteiger partial charge in [-0.25, -0.2) is 9.98 Å². The molecule has 0 amide bonds. The summed E-state index contributed by atoms with van der Waals surface area (Å²) in [7, 11) is 0. The summed E-state index contributed by atoms with van der Waals surface area (Å²) in [6.07, 6.45) is 3.40. The number of hydrogen-bond acceptors (Lipinski definition) is 5. The number of halogens is 1. The summed E-state index contributed by atoms with van der Waals surface area (Å²) in [5, 5.41) is 10.8. The van der Waals surface area contributed by atoms with Gasteiger partial charge in [0.1, 0.15) is 5.76 Å². The Labute approximate surface area is 178 Å². The van der Waals surface area contributed by atoms with Gasteiger partial charge in [0.05, 0.1) is 18.8 Å². The van der Waals surface area contributed by atoms with Crippen LogP contribution in [0.2, 0.25) is 0 Å². The lowest BCUT2D eigenvalue weighted by molar-refractivity contribution is 0.323. The second kappa shape index (κ2) is 12.5. The van der Waals surface area contributed by atoms with E-state index in [9.17, 15) is 0 Å². The molecule has 0 spiro atoms. The SMILES string of the molecule is CCNC(=NCc1cccnc1OCC)NCc1c(CC)noc1CC.I. The Morgan fingerprint density at radius 1 is 1.19 bits per heavy atom. The maximum absolute atomic E-state index is 5.57. The van der Waals surface area contributed by atoms with Crippen molar-refractivity contribution in [1.29, 1.82) is 0 Å². The lowest BCUT2D eigenvalue weighted by atomic mass is 10.1. The Bertz CT molecular complexity index is 696. The van der Waals surface area contributed by atoms with Crippen molar-refractivity contribution in [2.75, 3.05) is 13.2 Å².